The third kappa shape index (κ3) is 4.70. The van der Waals surface area contributed by atoms with Gasteiger partial charge in [0.15, 0.2) is 0 Å². The summed E-state index contributed by atoms with van der Waals surface area (Å²) in [5.41, 5.74) is 4.58. The number of anilines is 1. The summed E-state index contributed by atoms with van der Waals surface area (Å²) in [6, 6.07) is 26.4. The van der Waals surface area contributed by atoms with E-state index in [1.807, 2.05) is 60.7 Å². The maximum absolute atomic E-state index is 13.5. The molecule has 0 radical (unpaired) electrons. The Bertz CT molecular complexity index is 1340. The molecule has 5 rings (SSSR count). The molecular formula is C29H30N4O3. The van der Waals surface area contributed by atoms with E-state index in [0.29, 0.717) is 25.9 Å². The number of carbonyl (C=O) groups excluding carboxylic acids is 1. The van der Waals surface area contributed by atoms with Gasteiger partial charge in [0.25, 0.3) is 0 Å². The predicted octanol–water partition coefficient (Wildman–Crippen LogP) is 4.20. The predicted molar refractivity (Wildman–Crippen MR) is 139 cm³/mol. The van der Waals surface area contributed by atoms with Crippen molar-refractivity contribution in [1.82, 2.24) is 14.5 Å². The number of aromatic nitrogens is 2. The molecule has 36 heavy (non-hydrogen) atoms. The highest BCUT2D eigenvalue weighted by molar-refractivity contribution is 5.91. The summed E-state index contributed by atoms with van der Waals surface area (Å²) in [6.07, 6.45) is 0.967. The molecule has 0 spiro atoms. The number of fused-ring (bicyclic) bond motifs is 1. The van der Waals surface area contributed by atoms with Crippen molar-refractivity contribution in [2.45, 2.75) is 32.0 Å². The van der Waals surface area contributed by atoms with Crippen molar-refractivity contribution in [3.05, 3.63) is 113 Å². The van der Waals surface area contributed by atoms with Crippen molar-refractivity contribution >= 4 is 11.7 Å². The van der Waals surface area contributed by atoms with Gasteiger partial charge in [0, 0.05) is 43.4 Å². The molecule has 7 heteroatoms. The fourth-order valence-electron chi connectivity index (χ4n) is 4.83. The average molecular weight is 483 g/mol. The van der Waals surface area contributed by atoms with E-state index in [2.05, 4.69) is 16.7 Å². The van der Waals surface area contributed by atoms with Crippen LogP contribution < -0.4 is 4.90 Å². The molecule has 7 nitrogen and oxygen atoms in total. The molecule has 0 saturated carbocycles. The molecule has 1 aliphatic rings. The zero-order valence-corrected chi connectivity index (χ0v) is 20.3. The Labute approximate surface area is 210 Å². The van der Waals surface area contributed by atoms with Gasteiger partial charge >= 0.3 is 6.03 Å². The van der Waals surface area contributed by atoms with E-state index in [0.717, 1.165) is 34.0 Å². The van der Waals surface area contributed by atoms with Crippen LogP contribution in [0.15, 0.2) is 84.9 Å². The van der Waals surface area contributed by atoms with Crippen LogP contribution in [0.2, 0.25) is 0 Å². The number of nitrogens with zero attached hydrogens (tertiary/aromatic N) is 4. The lowest BCUT2D eigenvalue weighted by Crippen LogP contribution is -2.51. The van der Waals surface area contributed by atoms with E-state index in [1.165, 1.54) is 0 Å². The van der Waals surface area contributed by atoms with E-state index >= 15 is 0 Å². The summed E-state index contributed by atoms with van der Waals surface area (Å²) in [4.78, 5) is 21.8. The summed E-state index contributed by atoms with van der Waals surface area (Å²) in [5, 5.41) is 20.7. The lowest BCUT2D eigenvalue weighted by molar-refractivity contribution is 0.123. The molecule has 1 atom stereocenters. The topological polar surface area (TPSA) is 81.8 Å². The van der Waals surface area contributed by atoms with Crippen molar-refractivity contribution < 1.29 is 15.0 Å². The molecular weight excluding hydrogens is 452 g/mol. The van der Waals surface area contributed by atoms with E-state index in [1.54, 1.807) is 29.0 Å². The van der Waals surface area contributed by atoms with E-state index in [-0.39, 0.29) is 24.4 Å². The van der Waals surface area contributed by atoms with E-state index < -0.39 is 0 Å². The Morgan fingerprint density at radius 2 is 1.67 bits per heavy atom. The number of urea groups is 1. The molecule has 184 valence electrons. The minimum atomic E-state index is -0.361. The molecule has 0 fully saturated rings. The van der Waals surface area contributed by atoms with Gasteiger partial charge in [0.05, 0.1) is 24.9 Å². The third-order valence-corrected chi connectivity index (χ3v) is 6.83. The highest BCUT2D eigenvalue weighted by atomic mass is 16.3. The maximum atomic E-state index is 13.5. The summed E-state index contributed by atoms with van der Waals surface area (Å²) in [7, 11) is 1.75. The number of aliphatic hydroxyl groups is 1. The second-order valence-electron chi connectivity index (χ2n) is 9.14. The normalized spacial score (nSPS) is 14.9. The number of hydrogen-bond acceptors (Lipinski definition) is 4. The first kappa shape index (κ1) is 23.6. The Kier molecular flexibility index (Phi) is 6.73. The van der Waals surface area contributed by atoms with Crippen LogP contribution in [0.25, 0.3) is 0 Å². The number of benzene rings is 3. The monoisotopic (exact) mass is 482 g/mol. The zero-order valence-electron chi connectivity index (χ0n) is 20.3. The van der Waals surface area contributed by atoms with Crippen molar-refractivity contribution in [2.75, 3.05) is 18.6 Å². The summed E-state index contributed by atoms with van der Waals surface area (Å²) in [5.74, 6) is 1.06. The number of phenolic OH excluding ortho intramolecular Hbond substituents is 1. The van der Waals surface area contributed by atoms with Crippen LogP contribution in [0.4, 0.5) is 10.5 Å². The SMILES string of the molecule is CN(C(=O)N1Cc2nc(Cc3ccccc3O)n(Cc3ccccc3)c2CC1CO)c1ccccc1. The Morgan fingerprint density at radius 1 is 1.00 bits per heavy atom. The number of imidazole rings is 1. The van der Waals surface area contributed by atoms with Gasteiger partial charge < -0.3 is 19.7 Å². The number of hydrogen-bond donors (Lipinski definition) is 2. The van der Waals surface area contributed by atoms with Crippen LogP contribution >= 0.6 is 0 Å². The van der Waals surface area contributed by atoms with Crippen LogP contribution in [0, 0.1) is 0 Å². The van der Waals surface area contributed by atoms with Crippen molar-refractivity contribution in [3.63, 3.8) is 0 Å². The maximum Gasteiger partial charge on any atom is 0.324 e. The molecule has 1 aromatic heterocycles. The summed E-state index contributed by atoms with van der Waals surface area (Å²) in [6.45, 7) is 0.799. The van der Waals surface area contributed by atoms with Gasteiger partial charge in [0.1, 0.15) is 11.6 Å². The minimum absolute atomic E-state index is 0.140. The minimum Gasteiger partial charge on any atom is -0.508 e. The van der Waals surface area contributed by atoms with Gasteiger partial charge in [-0.25, -0.2) is 9.78 Å². The fourth-order valence-corrected chi connectivity index (χ4v) is 4.83. The number of carbonyl (C=O) groups is 1. The highest BCUT2D eigenvalue weighted by Crippen LogP contribution is 2.29. The van der Waals surface area contributed by atoms with E-state index in [9.17, 15) is 15.0 Å². The Hall–Kier alpha value is -4.10. The first-order chi connectivity index (χ1) is 17.5. The summed E-state index contributed by atoms with van der Waals surface area (Å²) >= 11 is 0. The molecule has 2 N–H and O–H groups in total. The third-order valence-electron chi connectivity index (χ3n) is 6.83. The van der Waals surface area contributed by atoms with Gasteiger partial charge in [-0.1, -0.05) is 66.7 Å². The molecule has 2 heterocycles. The van der Waals surface area contributed by atoms with Crippen LogP contribution in [-0.2, 0) is 25.9 Å². The Morgan fingerprint density at radius 3 is 2.36 bits per heavy atom. The molecule has 1 unspecified atom stereocenters. The van der Waals surface area contributed by atoms with Crippen molar-refractivity contribution in [1.29, 1.82) is 0 Å². The van der Waals surface area contributed by atoms with Crippen LogP contribution in [0.3, 0.4) is 0 Å². The molecule has 1 aliphatic heterocycles. The average Bonchev–Trinajstić information content (AvgIpc) is 3.25. The number of para-hydroxylation sites is 2. The largest absolute Gasteiger partial charge is 0.508 e. The number of phenols is 1. The second kappa shape index (κ2) is 10.3. The number of aliphatic hydroxyl groups excluding tert-OH is 1. The lowest BCUT2D eigenvalue weighted by atomic mass is 10.0. The quantitative estimate of drug-likeness (QED) is 0.432. The van der Waals surface area contributed by atoms with Crippen LogP contribution in [-0.4, -0.2) is 50.4 Å². The van der Waals surface area contributed by atoms with Gasteiger partial charge in [-0.05, 0) is 23.8 Å². The first-order valence-electron chi connectivity index (χ1n) is 12.1. The zero-order chi connectivity index (χ0) is 25.1. The molecule has 4 aromatic rings. The smallest absolute Gasteiger partial charge is 0.324 e. The van der Waals surface area contributed by atoms with Gasteiger partial charge in [-0.2, -0.15) is 0 Å². The van der Waals surface area contributed by atoms with Gasteiger partial charge in [-0.3, -0.25) is 4.90 Å². The molecule has 0 saturated heterocycles. The fraction of sp³-hybridized carbons (Fsp3) is 0.241. The first-order valence-corrected chi connectivity index (χ1v) is 12.1. The van der Waals surface area contributed by atoms with Crippen LogP contribution in [0.5, 0.6) is 5.75 Å². The lowest BCUT2D eigenvalue weighted by Gasteiger charge is -2.37. The second-order valence-corrected chi connectivity index (χ2v) is 9.14. The standard InChI is InChI=1S/C29H30N4O3/c1-31(23-13-6-3-7-14-23)29(36)32-19-25-26(17-24(32)20-34)33(18-21-10-4-2-5-11-21)28(30-25)16-22-12-8-9-15-27(22)35/h2-15,24,34-35H,16-20H2,1H3. The molecule has 2 amide bonds. The summed E-state index contributed by atoms with van der Waals surface area (Å²) < 4.78 is 2.18. The molecule has 3 aromatic carbocycles. The molecule has 0 bridgehead atoms. The van der Waals surface area contributed by atoms with Crippen molar-refractivity contribution in [3.8, 4) is 5.75 Å². The van der Waals surface area contributed by atoms with E-state index in [4.69, 9.17) is 4.98 Å². The number of aromatic hydroxyl groups is 1. The highest BCUT2D eigenvalue weighted by Gasteiger charge is 2.35. The van der Waals surface area contributed by atoms with Crippen LogP contribution in [0.1, 0.15) is 28.3 Å². The Balaban J connectivity index is 1.50. The number of amides is 2. The van der Waals surface area contributed by atoms with Gasteiger partial charge in [-0.15, -0.1) is 0 Å². The van der Waals surface area contributed by atoms with Crippen molar-refractivity contribution in [2.24, 2.45) is 0 Å². The molecule has 0 aliphatic carbocycles. The van der Waals surface area contributed by atoms with Gasteiger partial charge in [0.2, 0.25) is 0 Å². The number of rotatable bonds is 6.